The number of ketones is 2. The molecule has 1 atom stereocenters. The number of allylic oxidation sites excluding steroid dienone is 2. The van der Waals surface area contributed by atoms with Crippen LogP contribution in [0.25, 0.3) is 0 Å². The minimum Gasteiger partial charge on any atom is -0.461 e. The van der Waals surface area contributed by atoms with Crippen molar-refractivity contribution in [2.45, 2.75) is 33.3 Å². The Bertz CT molecular complexity index is 1000. The zero-order valence-corrected chi connectivity index (χ0v) is 19.9. The van der Waals surface area contributed by atoms with Gasteiger partial charge in [0.25, 0.3) is 0 Å². The maximum absolute atomic E-state index is 12.8. The van der Waals surface area contributed by atoms with Gasteiger partial charge >= 0.3 is 5.97 Å². The van der Waals surface area contributed by atoms with Gasteiger partial charge in [0.1, 0.15) is 11.8 Å². The number of ether oxygens (including phenoxy) is 1. The fourth-order valence-electron chi connectivity index (χ4n) is 2.84. The molecule has 34 heavy (non-hydrogen) atoms. The van der Waals surface area contributed by atoms with E-state index in [1.165, 1.54) is 0 Å². The Balaban J connectivity index is 1.79. The van der Waals surface area contributed by atoms with Crippen molar-refractivity contribution in [1.82, 2.24) is 20.8 Å². The van der Waals surface area contributed by atoms with E-state index in [-0.39, 0.29) is 66.2 Å². The van der Waals surface area contributed by atoms with Crippen LogP contribution in [0.4, 0.5) is 0 Å². The SMILES string of the molecule is CCOC(=O)c1[nH]nc2c1C(=O)C(SCCC(=O)NCCNC(=O)C(O)C(C)(C)CO)=CC2=O. The average molecular weight is 497 g/mol. The molecule has 12 nitrogen and oxygen atoms in total. The number of carbonyl (C=O) groups is 5. The molecule has 0 fully saturated rings. The van der Waals surface area contributed by atoms with E-state index in [1.54, 1.807) is 20.8 Å². The normalized spacial score (nSPS) is 14.2. The second-order valence-corrected chi connectivity index (χ2v) is 9.17. The Morgan fingerprint density at radius 2 is 1.91 bits per heavy atom. The zero-order valence-electron chi connectivity index (χ0n) is 19.1. The van der Waals surface area contributed by atoms with Crippen LogP contribution in [0.15, 0.2) is 11.0 Å². The lowest BCUT2D eigenvalue weighted by Gasteiger charge is -2.27. The number of carbonyl (C=O) groups excluding carboxylic acids is 5. The molecule has 1 aromatic heterocycles. The van der Waals surface area contributed by atoms with E-state index < -0.39 is 35.0 Å². The van der Waals surface area contributed by atoms with Crippen LogP contribution in [-0.2, 0) is 14.3 Å². The van der Waals surface area contributed by atoms with Gasteiger partial charge in [-0.05, 0) is 6.92 Å². The van der Waals surface area contributed by atoms with Gasteiger partial charge in [-0.25, -0.2) is 4.79 Å². The molecule has 0 radical (unpaired) electrons. The molecule has 5 N–H and O–H groups in total. The molecule has 1 heterocycles. The highest BCUT2D eigenvalue weighted by Crippen LogP contribution is 2.30. The van der Waals surface area contributed by atoms with Crippen LogP contribution >= 0.6 is 11.8 Å². The highest BCUT2D eigenvalue weighted by atomic mass is 32.2. The van der Waals surface area contributed by atoms with E-state index in [2.05, 4.69) is 20.8 Å². The van der Waals surface area contributed by atoms with Crippen LogP contribution in [0.3, 0.4) is 0 Å². The average Bonchev–Trinajstić information content (AvgIpc) is 3.25. The summed E-state index contributed by atoms with van der Waals surface area (Å²) in [4.78, 5) is 61.0. The molecule has 1 aliphatic rings. The number of fused-ring (bicyclic) bond motifs is 1. The standard InChI is InChI=1S/C21H28N4O8S/c1-4-33-20(32)16-14-15(24-25-16)11(27)9-12(17(14)29)34-8-5-13(28)22-6-7-23-19(31)18(30)21(2,3)10-26/h9,18,26,30H,4-8,10H2,1-3H3,(H,22,28)(H,23,31)(H,24,25). The Kier molecular flexibility index (Phi) is 9.53. The van der Waals surface area contributed by atoms with E-state index in [0.29, 0.717) is 0 Å². The maximum atomic E-state index is 12.8. The molecule has 0 saturated carbocycles. The zero-order chi connectivity index (χ0) is 25.5. The third-order valence-corrected chi connectivity index (χ3v) is 5.94. The highest BCUT2D eigenvalue weighted by Gasteiger charge is 2.35. The van der Waals surface area contributed by atoms with Crippen molar-refractivity contribution in [3.63, 3.8) is 0 Å². The fourth-order valence-corrected chi connectivity index (χ4v) is 3.77. The van der Waals surface area contributed by atoms with Gasteiger partial charge in [0.05, 0.1) is 23.7 Å². The number of aliphatic hydroxyl groups is 2. The number of aliphatic hydroxyl groups excluding tert-OH is 2. The number of nitrogens with zero attached hydrogens (tertiary/aromatic N) is 1. The van der Waals surface area contributed by atoms with Crippen molar-refractivity contribution in [2.75, 3.05) is 32.1 Å². The van der Waals surface area contributed by atoms with Gasteiger partial charge in [-0.3, -0.25) is 24.3 Å². The van der Waals surface area contributed by atoms with Gasteiger partial charge < -0.3 is 25.6 Å². The third kappa shape index (κ3) is 6.52. The van der Waals surface area contributed by atoms with Gasteiger partial charge in [-0.1, -0.05) is 13.8 Å². The summed E-state index contributed by atoms with van der Waals surface area (Å²) in [6.45, 7) is 4.61. The first-order valence-electron chi connectivity index (χ1n) is 10.6. The second-order valence-electron chi connectivity index (χ2n) is 8.03. The largest absolute Gasteiger partial charge is 0.461 e. The quantitative estimate of drug-likeness (QED) is 0.188. The van der Waals surface area contributed by atoms with Crippen LogP contribution < -0.4 is 10.6 Å². The molecule has 1 aliphatic carbocycles. The molecular formula is C21H28N4O8S. The number of nitrogens with one attached hydrogen (secondary N) is 3. The number of amides is 2. The van der Waals surface area contributed by atoms with Crippen molar-refractivity contribution >= 4 is 41.1 Å². The lowest BCUT2D eigenvalue weighted by Crippen LogP contribution is -2.47. The summed E-state index contributed by atoms with van der Waals surface area (Å²) < 4.78 is 4.88. The van der Waals surface area contributed by atoms with Gasteiger partial charge in [-0.15, -0.1) is 11.8 Å². The van der Waals surface area contributed by atoms with Gasteiger partial charge in [0.2, 0.25) is 23.4 Å². The number of thioether (sulfide) groups is 1. The third-order valence-electron chi connectivity index (χ3n) is 4.92. The Labute approximate surface area is 199 Å². The van der Waals surface area contributed by atoms with Crippen molar-refractivity contribution in [2.24, 2.45) is 5.41 Å². The molecule has 0 spiro atoms. The molecule has 0 aromatic carbocycles. The van der Waals surface area contributed by atoms with E-state index in [1.807, 2.05) is 0 Å². The predicted molar refractivity (Wildman–Crippen MR) is 121 cm³/mol. The first kappa shape index (κ1) is 27.2. The monoisotopic (exact) mass is 496 g/mol. The summed E-state index contributed by atoms with van der Waals surface area (Å²) in [5, 5.41) is 30.3. The van der Waals surface area contributed by atoms with Crippen molar-refractivity contribution in [3.8, 4) is 0 Å². The number of aromatic nitrogens is 2. The van der Waals surface area contributed by atoms with Crippen molar-refractivity contribution < 1.29 is 38.9 Å². The Hall–Kier alpha value is -3.03. The van der Waals surface area contributed by atoms with Gasteiger partial charge in [0.15, 0.2) is 5.69 Å². The number of esters is 1. The number of aromatic amines is 1. The molecule has 1 aromatic rings. The Morgan fingerprint density at radius 1 is 1.24 bits per heavy atom. The van der Waals surface area contributed by atoms with Crippen molar-refractivity contribution in [1.29, 1.82) is 0 Å². The number of rotatable bonds is 12. The Morgan fingerprint density at radius 3 is 2.56 bits per heavy atom. The second kappa shape index (κ2) is 11.9. The van der Waals surface area contributed by atoms with Gasteiger partial charge in [-0.2, -0.15) is 5.10 Å². The fraction of sp³-hybridized carbons (Fsp3) is 0.524. The minimum absolute atomic E-state index is 0.0283. The summed E-state index contributed by atoms with van der Waals surface area (Å²) in [5.41, 5.74) is -1.47. The minimum atomic E-state index is -1.39. The first-order valence-corrected chi connectivity index (χ1v) is 11.5. The van der Waals surface area contributed by atoms with Gasteiger partial charge in [0, 0.05) is 36.8 Å². The van der Waals surface area contributed by atoms with E-state index in [4.69, 9.17) is 4.74 Å². The summed E-state index contributed by atoms with van der Waals surface area (Å²) in [5.74, 6) is -2.68. The maximum Gasteiger partial charge on any atom is 0.357 e. The van der Waals surface area contributed by atoms with Crippen LogP contribution in [0, 0.1) is 5.41 Å². The van der Waals surface area contributed by atoms with Crippen LogP contribution in [0.2, 0.25) is 0 Å². The molecule has 1 unspecified atom stereocenters. The molecular weight excluding hydrogens is 468 g/mol. The summed E-state index contributed by atoms with van der Waals surface area (Å²) in [6.07, 6.45) is -0.244. The van der Waals surface area contributed by atoms with E-state index in [9.17, 15) is 34.2 Å². The number of H-pyrrole nitrogens is 1. The van der Waals surface area contributed by atoms with E-state index >= 15 is 0 Å². The topological polar surface area (TPSA) is 188 Å². The first-order chi connectivity index (χ1) is 16.0. The van der Waals surface area contributed by atoms with E-state index in [0.717, 1.165) is 17.8 Å². The van der Waals surface area contributed by atoms with Crippen molar-refractivity contribution in [3.05, 3.63) is 27.9 Å². The number of Topliss-reactive ketones (excluding diaryl/α,β-unsaturated/α-hetero) is 1. The molecule has 186 valence electrons. The molecule has 2 amide bonds. The molecule has 13 heteroatoms. The number of hydrogen-bond donors (Lipinski definition) is 5. The van der Waals surface area contributed by atoms with Crippen LogP contribution in [0.5, 0.6) is 0 Å². The van der Waals surface area contributed by atoms with Crippen LogP contribution in [0.1, 0.15) is 58.5 Å². The molecule has 2 rings (SSSR count). The summed E-state index contributed by atoms with van der Waals surface area (Å²) in [7, 11) is 0. The molecule has 0 bridgehead atoms. The summed E-state index contributed by atoms with van der Waals surface area (Å²) in [6, 6.07) is 0. The summed E-state index contributed by atoms with van der Waals surface area (Å²) >= 11 is 1.00. The molecule has 0 aliphatic heterocycles. The lowest BCUT2D eigenvalue weighted by molar-refractivity contribution is -0.137. The predicted octanol–water partition coefficient (Wildman–Crippen LogP) is -0.416. The van der Waals surface area contributed by atoms with Crippen LogP contribution in [-0.4, -0.2) is 87.9 Å². The lowest BCUT2D eigenvalue weighted by atomic mass is 9.87. The number of hydrogen-bond acceptors (Lipinski definition) is 10. The smallest absolute Gasteiger partial charge is 0.357 e. The molecule has 0 saturated heterocycles. The highest BCUT2D eigenvalue weighted by molar-refractivity contribution is 8.04.